The summed E-state index contributed by atoms with van der Waals surface area (Å²) in [5.74, 6) is 0.162. The van der Waals surface area contributed by atoms with E-state index >= 15 is 0 Å². The third-order valence-electron chi connectivity index (χ3n) is 6.77. The average Bonchev–Trinajstić information content (AvgIpc) is 3.63. The van der Waals surface area contributed by atoms with Crippen molar-refractivity contribution < 1.29 is 22.5 Å². The molecule has 0 unspecified atom stereocenters. The van der Waals surface area contributed by atoms with Crippen LogP contribution in [-0.2, 0) is 25.0 Å². The molecule has 0 saturated heterocycles. The fraction of sp³-hybridized carbons (Fsp3) is 0.241. The van der Waals surface area contributed by atoms with Crippen molar-refractivity contribution >= 4 is 39.0 Å². The van der Waals surface area contributed by atoms with E-state index in [1.807, 2.05) is 55.5 Å². The number of anilines is 2. The van der Waals surface area contributed by atoms with Crippen LogP contribution in [0.1, 0.15) is 31.0 Å². The molecule has 38 heavy (non-hydrogen) atoms. The van der Waals surface area contributed by atoms with E-state index in [2.05, 4.69) is 5.16 Å². The lowest BCUT2D eigenvalue weighted by atomic mass is 9.93. The topological polar surface area (TPSA) is 89.7 Å². The molecule has 3 aromatic carbocycles. The molecule has 0 N–H and O–H groups in total. The van der Waals surface area contributed by atoms with Crippen molar-refractivity contribution in [1.29, 1.82) is 0 Å². The van der Waals surface area contributed by atoms with Crippen LogP contribution in [0, 0.1) is 6.92 Å². The van der Waals surface area contributed by atoms with Crippen molar-refractivity contribution in [3.63, 3.8) is 0 Å². The van der Waals surface area contributed by atoms with Crippen molar-refractivity contribution in [3.8, 4) is 22.5 Å². The van der Waals surface area contributed by atoms with Crippen LogP contribution in [0.4, 0.5) is 11.4 Å². The Bertz CT molecular complexity index is 1590. The van der Waals surface area contributed by atoms with Gasteiger partial charge >= 0.3 is 5.97 Å². The van der Waals surface area contributed by atoms with Crippen LogP contribution in [0.3, 0.4) is 0 Å². The second kappa shape index (κ2) is 9.93. The second-order valence-electron chi connectivity index (χ2n) is 9.38. The quantitative estimate of drug-likeness (QED) is 0.228. The number of rotatable bonds is 8. The standard InChI is InChI=1S/C29H27ClN2O5S/c1-4-36-28(33)29(17-18-29)23-15-13-21(14-16-23)20-9-11-22(12-10-20)27-26(19(2)31-37-27)32(38(3,34)35)25-8-6-5-7-24(25)30/h5-16H,4,17-18H2,1-3H3. The fourth-order valence-corrected chi connectivity index (χ4v) is 6.01. The van der Waals surface area contributed by atoms with E-state index in [1.54, 1.807) is 31.2 Å². The third-order valence-corrected chi connectivity index (χ3v) is 8.13. The first-order chi connectivity index (χ1) is 18.2. The van der Waals surface area contributed by atoms with Crippen LogP contribution in [0.5, 0.6) is 0 Å². The number of hydrogen-bond acceptors (Lipinski definition) is 6. The number of sulfonamides is 1. The van der Waals surface area contributed by atoms with Crippen LogP contribution < -0.4 is 4.31 Å². The minimum atomic E-state index is -3.77. The minimum Gasteiger partial charge on any atom is -0.465 e. The van der Waals surface area contributed by atoms with Gasteiger partial charge in [0.05, 0.1) is 29.0 Å². The van der Waals surface area contributed by atoms with Gasteiger partial charge < -0.3 is 9.26 Å². The molecule has 1 heterocycles. The number of aryl methyl sites for hydroxylation is 1. The molecule has 0 radical (unpaired) electrons. The van der Waals surface area contributed by atoms with Crippen molar-refractivity contribution in [2.24, 2.45) is 0 Å². The predicted octanol–water partition coefficient (Wildman–Crippen LogP) is 6.66. The molecule has 0 amide bonds. The van der Waals surface area contributed by atoms with Crippen LogP contribution in [0.25, 0.3) is 22.5 Å². The molecule has 1 aliphatic carbocycles. The van der Waals surface area contributed by atoms with E-state index in [9.17, 15) is 13.2 Å². The summed E-state index contributed by atoms with van der Waals surface area (Å²) in [5, 5.41) is 4.36. The molecular formula is C29H27ClN2O5S. The van der Waals surface area contributed by atoms with Crippen molar-refractivity contribution in [2.75, 3.05) is 17.2 Å². The van der Waals surface area contributed by atoms with E-state index in [0.29, 0.717) is 40.0 Å². The Hall–Kier alpha value is -3.62. The summed E-state index contributed by atoms with van der Waals surface area (Å²) in [6.45, 7) is 3.88. The van der Waals surface area contributed by atoms with Gasteiger partial charge in [-0.3, -0.25) is 4.79 Å². The number of esters is 1. The number of para-hydroxylation sites is 1. The molecule has 1 saturated carbocycles. The normalized spacial score (nSPS) is 14.2. The number of aromatic nitrogens is 1. The van der Waals surface area contributed by atoms with Crippen LogP contribution >= 0.6 is 11.6 Å². The third kappa shape index (κ3) is 4.70. The summed E-state index contributed by atoms with van der Waals surface area (Å²) in [6.07, 6.45) is 2.72. The van der Waals surface area contributed by atoms with Gasteiger partial charge in [-0.15, -0.1) is 0 Å². The summed E-state index contributed by atoms with van der Waals surface area (Å²) in [4.78, 5) is 12.4. The molecule has 5 rings (SSSR count). The minimum absolute atomic E-state index is 0.157. The molecule has 1 fully saturated rings. The summed E-state index contributed by atoms with van der Waals surface area (Å²) in [6, 6.07) is 22.3. The van der Waals surface area contributed by atoms with Gasteiger partial charge in [0.1, 0.15) is 11.4 Å². The number of carbonyl (C=O) groups excluding carboxylic acids is 1. The highest BCUT2D eigenvalue weighted by atomic mass is 35.5. The largest absolute Gasteiger partial charge is 0.465 e. The van der Waals surface area contributed by atoms with Gasteiger partial charge in [-0.2, -0.15) is 0 Å². The summed E-state index contributed by atoms with van der Waals surface area (Å²) in [5.41, 5.74) is 4.13. The molecule has 196 valence electrons. The Morgan fingerprint density at radius 3 is 2.13 bits per heavy atom. The maximum atomic E-state index is 12.9. The second-order valence-corrected chi connectivity index (χ2v) is 11.6. The Labute approximate surface area is 227 Å². The molecule has 0 aliphatic heterocycles. The van der Waals surface area contributed by atoms with E-state index in [-0.39, 0.29) is 5.97 Å². The highest BCUT2D eigenvalue weighted by Gasteiger charge is 2.52. The summed E-state index contributed by atoms with van der Waals surface area (Å²) < 4.78 is 37.9. The summed E-state index contributed by atoms with van der Waals surface area (Å²) >= 11 is 6.37. The predicted molar refractivity (Wildman–Crippen MR) is 148 cm³/mol. The van der Waals surface area contributed by atoms with E-state index in [0.717, 1.165) is 35.8 Å². The number of carbonyl (C=O) groups is 1. The number of ether oxygens (including phenoxy) is 1. The molecular weight excluding hydrogens is 524 g/mol. The first kappa shape index (κ1) is 26.0. The van der Waals surface area contributed by atoms with Gasteiger partial charge in [0.25, 0.3) is 0 Å². The molecule has 7 nitrogen and oxygen atoms in total. The number of nitrogens with zero attached hydrogens (tertiary/aromatic N) is 2. The smallest absolute Gasteiger partial charge is 0.316 e. The zero-order valence-corrected chi connectivity index (χ0v) is 22.8. The average molecular weight is 551 g/mol. The van der Waals surface area contributed by atoms with Crippen LogP contribution in [0.2, 0.25) is 5.02 Å². The highest BCUT2D eigenvalue weighted by molar-refractivity contribution is 7.92. The van der Waals surface area contributed by atoms with Crippen molar-refractivity contribution in [3.05, 3.63) is 89.1 Å². The Morgan fingerprint density at radius 2 is 1.58 bits per heavy atom. The van der Waals surface area contributed by atoms with Gasteiger partial charge in [0, 0.05) is 5.56 Å². The van der Waals surface area contributed by atoms with Crippen molar-refractivity contribution in [2.45, 2.75) is 32.1 Å². The van der Waals surface area contributed by atoms with Gasteiger partial charge in [-0.1, -0.05) is 77.4 Å². The van der Waals surface area contributed by atoms with E-state index < -0.39 is 15.4 Å². The molecule has 0 atom stereocenters. The summed E-state index contributed by atoms with van der Waals surface area (Å²) in [7, 11) is -3.77. The van der Waals surface area contributed by atoms with Gasteiger partial charge in [-0.05, 0) is 55.5 Å². The molecule has 4 aromatic rings. The number of hydrogen-bond donors (Lipinski definition) is 0. The first-order valence-corrected chi connectivity index (χ1v) is 14.5. The van der Waals surface area contributed by atoms with Crippen LogP contribution in [0.15, 0.2) is 77.3 Å². The Morgan fingerprint density at radius 1 is 1.00 bits per heavy atom. The molecule has 9 heteroatoms. The molecule has 1 aromatic heterocycles. The van der Waals surface area contributed by atoms with Gasteiger partial charge in [0.15, 0.2) is 5.76 Å². The number of halogens is 1. The zero-order valence-electron chi connectivity index (χ0n) is 21.3. The lowest BCUT2D eigenvalue weighted by Gasteiger charge is -2.23. The Kier molecular flexibility index (Phi) is 6.79. The molecule has 1 aliphatic rings. The monoisotopic (exact) mass is 550 g/mol. The van der Waals surface area contributed by atoms with Gasteiger partial charge in [-0.25, -0.2) is 12.7 Å². The maximum Gasteiger partial charge on any atom is 0.316 e. The molecule has 0 bridgehead atoms. The zero-order chi connectivity index (χ0) is 27.1. The van der Waals surface area contributed by atoms with Gasteiger partial charge in [0.2, 0.25) is 10.0 Å². The highest BCUT2D eigenvalue weighted by Crippen LogP contribution is 2.49. The maximum absolute atomic E-state index is 12.9. The lowest BCUT2D eigenvalue weighted by Crippen LogP contribution is -2.25. The Balaban J connectivity index is 1.47. The van der Waals surface area contributed by atoms with Crippen molar-refractivity contribution in [1.82, 2.24) is 5.16 Å². The number of benzene rings is 3. The molecule has 0 spiro atoms. The van der Waals surface area contributed by atoms with Crippen LogP contribution in [-0.4, -0.2) is 32.4 Å². The first-order valence-electron chi connectivity index (χ1n) is 12.3. The SMILES string of the molecule is CCOC(=O)C1(c2ccc(-c3ccc(-c4onc(C)c4N(c4ccccc4Cl)S(C)(=O)=O)cc3)cc2)CC1. The van der Waals surface area contributed by atoms with E-state index in [1.165, 1.54) is 4.31 Å². The fourth-order valence-electron chi connectivity index (χ4n) is 4.68. The van der Waals surface area contributed by atoms with E-state index in [4.69, 9.17) is 20.9 Å². The lowest BCUT2D eigenvalue weighted by molar-refractivity contribution is -0.146.